The number of hydrogen-bond donors (Lipinski definition) is 1. The summed E-state index contributed by atoms with van der Waals surface area (Å²) in [5, 5.41) is 9.00. The lowest BCUT2D eigenvalue weighted by Crippen LogP contribution is -2.16. The minimum absolute atomic E-state index is 0.313. The van der Waals surface area contributed by atoms with Gasteiger partial charge in [0.15, 0.2) is 9.84 Å². The predicted octanol–water partition coefficient (Wildman–Crippen LogP) is 3.37. The molecule has 0 radical (unpaired) electrons. The second-order valence-electron chi connectivity index (χ2n) is 5.64. The molecule has 2 atom stereocenters. The molecular weight excluding hydrogens is 296 g/mol. The Hall–Kier alpha value is -1.91. The molecule has 1 unspecified atom stereocenters. The third-order valence-corrected chi connectivity index (χ3v) is 5.98. The molecule has 2 aromatic rings. The second-order valence-corrected chi connectivity index (χ2v) is 7.67. The van der Waals surface area contributed by atoms with Crippen LogP contribution in [0.4, 0.5) is 0 Å². The summed E-state index contributed by atoms with van der Waals surface area (Å²) < 4.78 is 26.1. The highest BCUT2D eigenvalue weighted by Gasteiger charge is 2.37. The van der Waals surface area contributed by atoms with Gasteiger partial charge in [0.1, 0.15) is 5.25 Å². The van der Waals surface area contributed by atoms with Gasteiger partial charge in [-0.05, 0) is 42.2 Å². The Bertz CT molecular complexity index is 805. The van der Waals surface area contributed by atoms with Crippen LogP contribution in [-0.4, -0.2) is 19.6 Å². The summed E-state index contributed by atoms with van der Waals surface area (Å²) in [6, 6.07) is 16.0. The van der Waals surface area contributed by atoms with E-state index in [-0.39, 0.29) is 0 Å². The van der Waals surface area contributed by atoms with Gasteiger partial charge in [-0.25, -0.2) is 8.42 Å². The SMILES string of the molecule is C[C@H](O)CC1=Cc2ccccc2C1S(=O)(=O)c1ccccc1. The van der Waals surface area contributed by atoms with Crippen molar-refractivity contribution in [3.8, 4) is 0 Å². The van der Waals surface area contributed by atoms with E-state index in [9.17, 15) is 13.5 Å². The zero-order chi connectivity index (χ0) is 15.7. The van der Waals surface area contributed by atoms with Gasteiger partial charge in [0.05, 0.1) is 11.0 Å². The molecule has 3 nitrogen and oxygen atoms in total. The molecule has 0 heterocycles. The van der Waals surface area contributed by atoms with Crippen molar-refractivity contribution in [2.24, 2.45) is 0 Å². The van der Waals surface area contributed by atoms with Crippen LogP contribution < -0.4 is 0 Å². The van der Waals surface area contributed by atoms with Gasteiger partial charge in [-0.2, -0.15) is 0 Å². The zero-order valence-electron chi connectivity index (χ0n) is 12.3. The molecule has 1 aliphatic rings. The quantitative estimate of drug-likeness (QED) is 0.941. The van der Waals surface area contributed by atoms with Crippen LogP contribution in [0.15, 0.2) is 65.1 Å². The average Bonchev–Trinajstić information content (AvgIpc) is 2.85. The molecule has 0 fully saturated rings. The largest absolute Gasteiger partial charge is 0.393 e. The van der Waals surface area contributed by atoms with Crippen LogP contribution in [0.1, 0.15) is 29.7 Å². The average molecular weight is 314 g/mol. The maximum atomic E-state index is 13.1. The van der Waals surface area contributed by atoms with Gasteiger partial charge in [-0.1, -0.05) is 48.5 Å². The molecule has 3 rings (SSSR count). The molecule has 0 aromatic heterocycles. The lowest BCUT2D eigenvalue weighted by Gasteiger charge is -2.19. The maximum Gasteiger partial charge on any atom is 0.189 e. The Morgan fingerprint density at radius 2 is 1.68 bits per heavy atom. The molecule has 114 valence electrons. The van der Waals surface area contributed by atoms with E-state index in [0.29, 0.717) is 11.3 Å². The van der Waals surface area contributed by atoms with E-state index in [1.54, 1.807) is 37.3 Å². The van der Waals surface area contributed by atoms with E-state index < -0.39 is 21.2 Å². The van der Waals surface area contributed by atoms with Gasteiger partial charge in [-0.3, -0.25) is 0 Å². The van der Waals surface area contributed by atoms with E-state index in [1.165, 1.54) is 0 Å². The smallest absolute Gasteiger partial charge is 0.189 e. The number of hydrogen-bond acceptors (Lipinski definition) is 3. The highest BCUT2D eigenvalue weighted by molar-refractivity contribution is 7.92. The fourth-order valence-corrected chi connectivity index (χ4v) is 4.90. The molecule has 0 spiro atoms. The van der Waals surface area contributed by atoms with Crippen molar-refractivity contribution in [1.29, 1.82) is 0 Å². The van der Waals surface area contributed by atoms with Gasteiger partial charge >= 0.3 is 0 Å². The van der Waals surface area contributed by atoms with Crippen LogP contribution in [0, 0.1) is 0 Å². The van der Waals surface area contributed by atoms with E-state index in [2.05, 4.69) is 0 Å². The first-order chi connectivity index (χ1) is 10.5. The molecule has 0 bridgehead atoms. The second kappa shape index (κ2) is 5.71. The lowest BCUT2D eigenvalue weighted by molar-refractivity contribution is 0.195. The Labute approximate surface area is 130 Å². The van der Waals surface area contributed by atoms with Crippen molar-refractivity contribution in [3.05, 3.63) is 71.3 Å². The summed E-state index contributed by atoms with van der Waals surface area (Å²) in [5.74, 6) is 0. The van der Waals surface area contributed by atoms with Gasteiger partial charge in [0, 0.05) is 0 Å². The molecule has 22 heavy (non-hydrogen) atoms. The summed E-state index contributed by atoms with van der Waals surface area (Å²) in [6.45, 7) is 1.68. The maximum absolute atomic E-state index is 13.1. The third-order valence-electron chi connectivity index (χ3n) is 3.87. The first-order valence-electron chi connectivity index (χ1n) is 7.26. The van der Waals surface area contributed by atoms with Crippen molar-refractivity contribution < 1.29 is 13.5 Å². The summed E-state index contributed by atoms with van der Waals surface area (Å²) >= 11 is 0. The molecule has 1 aliphatic carbocycles. The van der Waals surface area contributed by atoms with Gasteiger partial charge in [0.25, 0.3) is 0 Å². The zero-order valence-corrected chi connectivity index (χ0v) is 13.1. The van der Waals surface area contributed by atoms with E-state index in [4.69, 9.17) is 0 Å². The highest BCUT2D eigenvalue weighted by atomic mass is 32.2. The van der Waals surface area contributed by atoms with Crippen molar-refractivity contribution >= 4 is 15.9 Å². The van der Waals surface area contributed by atoms with Gasteiger partial charge < -0.3 is 5.11 Å². The van der Waals surface area contributed by atoms with Crippen LogP contribution in [0.25, 0.3) is 6.08 Å². The number of sulfone groups is 1. The summed E-state index contributed by atoms with van der Waals surface area (Å²) in [5.41, 5.74) is 2.46. The van der Waals surface area contributed by atoms with E-state index in [1.807, 2.05) is 30.3 Å². The molecule has 0 aliphatic heterocycles. The number of rotatable bonds is 4. The normalized spacial score (nSPS) is 18.6. The standard InChI is InChI=1S/C18H18O3S/c1-13(19)11-15-12-14-7-5-6-10-17(14)18(15)22(20,21)16-8-3-2-4-9-16/h2-10,12-13,18-19H,11H2,1H3/t13-,18?/m0/s1. The minimum atomic E-state index is -3.53. The van der Waals surface area contributed by atoms with Crippen molar-refractivity contribution in [1.82, 2.24) is 0 Å². The Balaban J connectivity index is 2.12. The van der Waals surface area contributed by atoms with Gasteiger partial charge in [0.2, 0.25) is 0 Å². The number of benzene rings is 2. The molecule has 0 amide bonds. The van der Waals surface area contributed by atoms with Gasteiger partial charge in [-0.15, -0.1) is 0 Å². The van der Waals surface area contributed by atoms with E-state index in [0.717, 1.165) is 16.7 Å². The fourth-order valence-electron chi connectivity index (χ4n) is 2.98. The summed E-state index contributed by atoms with van der Waals surface area (Å²) in [4.78, 5) is 0.313. The van der Waals surface area contributed by atoms with Crippen molar-refractivity contribution in [2.75, 3.05) is 0 Å². The highest BCUT2D eigenvalue weighted by Crippen LogP contribution is 2.44. The van der Waals surface area contributed by atoms with Crippen LogP contribution in [0.5, 0.6) is 0 Å². The monoisotopic (exact) mass is 314 g/mol. The molecule has 1 N–H and O–H groups in total. The topological polar surface area (TPSA) is 54.4 Å². The summed E-state index contributed by atoms with van der Waals surface area (Å²) in [7, 11) is -3.53. The van der Waals surface area contributed by atoms with Crippen molar-refractivity contribution in [3.63, 3.8) is 0 Å². The molecule has 2 aromatic carbocycles. The molecule has 0 saturated heterocycles. The molecule has 0 saturated carbocycles. The fraction of sp³-hybridized carbons (Fsp3) is 0.222. The van der Waals surface area contributed by atoms with E-state index >= 15 is 0 Å². The first kappa shape index (κ1) is 15.0. The first-order valence-corrected chi connectivity index (χ1v) is 8.81. The number of aliphatic hydroxyl groups is 1. The number of fused-ring (bicyclic) bond motifs is 1. The minimum Gasteiger partial charge on any atom is -0.393 e. The third kappa shape index (κ3) is 2.60. The number of aliphatic hydroxyl groups excluding tert-OH is 1. The van der Waals surface area contributed by atoms with Crippen LogP contribution in [-0.2, 0) is 9.84 Å². The Morgan fingerprint density at radius 1 is 1.05 bits per heavy atom. The molecule has 4 heteroatoms. The van der Waals surface area contributed by atoms with Crippen molar-refractivity contribution in [2.45, 2.75) is 29.6 Å². The molecular formula is C18H18O3S. The Kier molecular flexibility index (Phi) is 3.89. The lowest BCUT2D eigenvalue weighted by atomic mass is 10.1. The Morgan fingerprint density at radius 3 is 2.36 bits per heavy atom. The summed E-state index contributed by atoms with van der Waals surface area (Å²) in [6.07, 6.45) is 1.67. The predicted molar refractivity (Wildman–Crippen MR) is 87.1 cm³/mol. The van der Waals surface area contributed by atoms with Crippen LogP contribution >= 0.6 is 0 Å². The van der Waals surface area contributed by atoms with Crippen LogP contribution in [0.3, 0.4) is 0 Å². The van der Waals surface area contributed by atoms with Crippen LogP contribution in [0.2, 0.25) is 0 Å².